The molecule has 0 radical (unpaired) electrons. The molecule has 1 saturated carbocycles. The standard InChI is InChI=1S/C26H26F3N3O4/c1-35-23-13-17(12-18(15-30)25(34)32-20-7-3-2-4-8-20)10-11-22(23)36-16-24(33)31-21-9-5-6-19(14-21)26(27,28)29/h5-6,9-14,20H,2-4,7-8,16H2,1H3,(H,31,33)(H,32,34). The summed E-state index contributed by atoms with van der Waals surface area (Å²) in [5, 5.41) is 14.7. The van der Waals surface area contributed by atoms with Gasteiger partial charge in [-0.25, -0.2) is 0 Å². The Kier molecular flexibility index (Phi) is 8.95. The van der Waals surface area contributed by atoms with Crippen molar-refractivity contribution in [1.82, 2.24) is 5.32 Å². The minimum absolute atomic E-state index is 0.0126. The van der Waals surface area contributed by atoms with Crippen molar-refractivity contribution in [1.29, 1.82) is 5.26 Å². The van der Waals surface area contributed by atoms with Crippen LogP contribution < -0.4 is 20.1 Å². The molecule has 10 heteroatoms. The maximum Gasteiger partial charge on any atom is 0.416 e. The van der Waals surface area contributed by atoms with Gasteiger partial charge in [0.15, 0.2) is 18.1 Å². The lowest BCUT2D eigenvalue weighted by Crippen LogP contribution is -2.36. The summed E-state index contributed by atoms with van der Waals surface area (Å²) in [4.78, 5) is 24.7. The Morgan fingerprint density at radius 2 is 1.86 bits per heavy atom. The number of nitrogens with one attached hydrogen (secondary N) is 2. The fourth-order valence-corrected chi connectivity index (χ4v) is 3.83. The van der Waals surface area contributed by atoms with Crippen molar-refractivity contribution < 1.29 is 32.2 Å². The van der Waals surface area contributed by atoms with Crippen LogP contribution in [0.3, 0.4) is 0 Å². The number of benzene rings is 2. The molecule has 0 aliphatic heterocycles. The van der Waals surface area contributed by atoms with Gasteiger partial charge in [-0.2, -0.15) is 18.4 Å². The van der Waals surface area contributed by atoms with Crippen LogP contribution in [0.5, 0.6) is 11.5 Å². The zero-order valence-corrected chi connectivity index (χ0v) is 19.7. The molecule has 1 aliphatic carbocycles. The minimum Gasteiger partial charge on any atom is -0.493 e. The number of carbonyl (C=O) groups is 2. The summed E-state index contributed by atoms with van der Waals surface area (Å²) in [7, 11) is 1.39. The Balaban J connectivity index is 1.63. The zero-order chi connectivity index (χ0) is 26.1. The van der Waals surface area contributed by atoms with E-state index in [0.29, 0.717) is 5.56 Å². The predicted molar refractivity (Wildman–Crippen MR) is 127 cm³/mol. The molecule has 0 bridgehead atoms. The smallest absolute Gasteiger partial charge is 0.416 e. The highest BCUT2D eigenvalue weighted by Gasteiger charge is 2.30. The van der Waals surface area contributed by atoms with Crippen LogP contribution >= 0.6 is 0 Å². The first-order chi connectivity index (χ1) is 17.2. The monoisotopic (exact) mass is 501 g/mol. The molecule has 0 unspecified atom stereocenters. The molecular formula is C26H26F3N3O4. The van der Waals surface area contributed by atoms with Gasteiger partial charge in [0.25, 0.3) is 11.8 Å². The quantitative estimate of drug-likeness (QED) is 0.388. The SMILES string of the molecule is COc1cc(C=C(C#N)C(=O)NC2CCCCC2)ccc1OCC(=O)Nc1cccc(C(F)(F)F)c1. The van der Waals surface area contributed by atoms with E-state index in [2.05, 4.69) is 10.6 Å². The van der Waals surface area contributed by atoms with E-state index in [-0.39, 0.29) is 28.8 Å². The van der Waals surface area contributed by atoms with E-state index in [1.165, 1.54) is 31.4 Å². The number of nitriles is 1. The highest BCUT2D eigenvalue weighted by atomic mass is 19.4. The number of anilines is 1. The Morgan fingerprint density at radius 1 is 1.11 bits per heavy atom. The molecule has 1 fully saturated rings. The average Bonchev–Trinajstić information content (AvgIpc) is 2.86. The maximum atomic E-state index is 12.8. The van der Waals surface area contributed by atoms with Crippen molar-refractivity contribution >= 4 is 23.6 Å². The molecule has 190 valence electrons. The van der Waals surface area contributed by atoms with Crippen LogP contribution in [-0.2, 0) is 15.8 Å². The van der Waals surface area contributed by atoms with E-state index in [0.717, 1.165) is 44.2 Å². The molecular weight excluding hydrogens is 475 g/mol. The van der Waals surface area contributed by atoms with Gasteiger partial charge in [-0.1, -0.05) is 31.4 Å². The second-order valence-corrected chi connectivity index (χ2v) is 8.30. The van der Waals surface area contributed by atoms with Crippen molar-refractivity contribution in [2.45, 2.75) is 44.3 Å². The number of hydrogen-bond donors (Lipinski definition) is 2. The second-order valence-electron chi connectivity index (χ2n) is 8.30. The fourth-order valence-electron chi connectivity index (χ4n) is 3.83. The summed E-state index contributed by atoms with van der Waals surface area (Å²) in [6, 6.07) is 10.9. The van der Waals surface area contributed by atoms with Gasteiger partial charge in [0.1, 0.15) is 11.6 Å². The van der Waals surface area contributed by atoms with Gasteiger partial charge in [-0.15, -0.1) is 0 Å². The van der Waals surface area contributed by atoms with Gasteiger partial charge in [0, 0.05) is 11.7 Å². The van der Waals surface area contributed by atoms with Crippen LogP contribution in [-0.4, -0.2) is 31.6 Å². The van der Waals surface area contributed by atoms with Gasteiger partial charge in [-0.05, 0) is 54.8 Å². The largest absolute Gasteiger partial charge is 0.493 e. The molecule has 1 aliphatic rings. The molecule has 7 nitrogen and oxygen atoms in total. The maximum absolute atomic E-state index is 12.8. The van der Waals surface area contributed by atoms with Gasteiger partial charge in [0.05, 0.1) is 12.7 Å². The minimum atomic E-state index is -4.53. The molecule has 0 spiro atoms. The van der Waals surface area contributed by atoms with E-state index < -0.39 is 30.2 Å². The lowest BCUT2D eigenvalue weighted by atomic mass is 9.95. The molecule has 2 amide bonds. The van der Waals surface area contributed by atoms with Crippen LogP contribution in [0.4, 0.5) is 18.9 Å². The number of amides is 2. The van der Waals surface area contributed by atoms with Crippen molar-refractivity contribution in [3.63, 3.8) is 0 Å². The van der Waals surface area contributed by atoms with Crippen LogP contribution in [0.2, 0.25) is 0 Å². The van der Waals surface area contributed by atoms with Crippen molar-refractivity contribution in [3.05, 3.63) is 59.2 Å². The van der Waals surface area contributed by atoms with Crippen LogP contribution in [0.25, 0.3) is 6.08 Å². The lowest BCUT2D eigenvalue weighted by molar-refractivity contribution is -0.137. The first-order valence-electron chi connectivity index (χ1n) is 11.4. The van der Waals surface area contributed by atoms with Gasteiger partial charge >= 0.3 is 6.18 Å². The molecule has 2 N–H and O–H groups in total. The van der Waals surface area contributed by atoms with E-state index >= 15 is 0 Å². The molecule has 0 heterocycles. The molecule has 3 rings (SSSR count). The fraction of sp³-hybridized carbons (Fsp3) is 0.346. The zero-order valence-electron chi connectivity index (χ0n) is 19.7. The number of methoxy groups -OCH3 is 1. The molecule has 2 aromatic carbocycles. The lowest BCUT2D eigenvalue weighted by Gasteiger charge is -2.22. The van der Waals surface area contributed by atoms with Gasteiger partial charge in [-0.3, -0.25) is 9.59 Å². The first kappa shape index (κ1) is 26.6. The second kappa shape index (κ2) is 12.1. The summed E-state index contributed by atoms with van der Waals surface area (Å²) in [5.74, 6) is -0.638. The number of hydrogen-bond acceptors (Lipinski definition) is 5. The number of alkyl halides is 3. The van der Waals surface area contributed by atoms with E-state index in [9.17, 15) is 28.0 Å². The summed E-state index contributed by atoms with van der Waals surface area (Å²) >= 11 is 0. The van der Waals surface area contributed by atoms with E-state index in [1.54, 1.807) is 12.1 Å². The number of halogens is 3. The van der Waals surface area contributed by atoms with Crippen LogP contribution in [0.15, 0.2) is 48.0 Å². The third-order valence-electron chi connectivity index (χ3n) is 5.64. The molecule has 0 saturated heterocycles. The summed E-state index contributed by atoms with van der Waals surface area (Å²) < 4.78 is 49.3. The topological polar surface area (TPSA) is 100 Å². The Labute approximate surface area is 206 Å². The Bertz CT molecular complexity index is 1170. The summed E-state index contributed by atoms with van der Waals surface area (Å²) in [6.45, 7) is -0.477. The Morgan fingerprint density at radius 3 is 2.53 bits per heavy atom. The number of carbonyl (C=O) groups excluding carboxylic acids is 2. The van der Waals surface area contributed by atoms with Crippen molar-refractivity contribution in [3.8, 4) is 17.6 Å². The molecule has 36 heavy (non-hydrogen) atoms. The van der Waals surface area contributed by atoms with Crippen molar-refractivity contribution in [2.75, 3.05) is 19.0 Å². The average molecular weight is 502 g/mol. The van der Waals surface area contributed by atoms with Crippen LogP contribution in [0.1, 0.15) is 43.2 Å². The normalized spacial score (nSPS) is 14.5. The summed E-state index contributed by atoms with van der Waals surface area (Å²) in [5.41, 5.74) is -0.420. The van der Waals surface area contributed by atoms with Crippen LogP contribution in [0, 0.1) is 11.3 Å². The van der Waals surface area contributed by atoms with Crippen molar-refractivity contribution in [2.24, 2.45) is 0 Å². The highest BCUT2D eigenvalue weighted by Crippen LogP contribution is 2.31. The number of rotatable bonds is 8. The number of nitrogens with zero attached hydrogens (tertiary/aromatic N) is 1. The van der Waals surface area contributed by atoms with E-state index in [1.807, 2.05) is 6.07 Å². The van der Waals surface area contributed by atoms with E-state index in [4.69, 9.17) is 9.47 Å². The summed E-state index contributed by atoms with van der Waals surface area (Å²) in [6.07, 6.45) is 1.94. The molecule has 0 aromatic heterocycles. The van der Waals surface area contributed by atoms with Gasteiger partial charge in [0.2, 0.25) is 0 Å². The number of ether oxygens (including phenoxy) is 2. The third-order valence-corrected chi connectivity index (χ3v) is 5.64. The third kappa shape index (κ3) is 7.50. The van der Waals surface area contributed by atoms with Gasteiger partial charge < -0.3 is 20.1 Å². The predicted octanol–water partition coefficient (Wildman–Crippen LogP) is 5.09. The Hall–Kier alpha value is -4.00. The molecule has 0 atom stereocenters. The first-order valence-corrected chi connectivity index (χ1v) is 11.4. The highest BCUT2D eigenvalue weighted by molar-refractivity contribution is 6.01. The molecule has 2 aromatic rings.